The van der Waals surface area contributed by atoms with E-state index in [-0.39, 0.29) is 25.1 Å². The molecule has 0 saturated heterocycles. The fourth-order valence-corrected chi connectivity index (χ4v) is 1.11. The number of hydrogen-bond donors (Lipinski definition) is 2. The van der Waals surface area contributed by atoms with Crippen LogP contribution in [-0.2, 0) is 9.53 Å². The SMILES string of the molecule is CC(N)CCCC(=O)NCCOCC(F)F. The predicted molar refractivity (Wildman–Crippen MR) is 57.3 cm³/mol. The summed E-state index contributed by atoms with van der Waals surface area (Å²) in [6.07, 6.45) is -0.505. The molecular weight excluding hydrogens is 218 g/mol. The van der Waals surface area contributed by atoms with E-state index in [9.17, 15) is 13.6 Å². The minimum atomic E-state index is -2.46. The standard InChI is InChI=1S/C10H20F2N2O2/c1-8(13)3-2-4-10(15)14-5-6-16-7-9(11)12/h8-9H,2-7,13H2,1H3,(H,14,15). The van der Waals surface area contributed by atoms with Crippen LogP contribution in [0.2, 0.25) is 0 Å². The first-order valence-electron chi connectivity index (χ1n) is 5.40. The van der Waals surface area contributed by atoms with Crippen molar-refractivity contribution in [3.63, 3.8) is 0 Å². The second kappa shape index (κ2) is 9.47. The fraction of sp³-hybridized carbons (Fsp3) is 0.900. The Balaban J connectivity index is 3.24. The summed E-state index contributed by atoms with van der Waals surface area (Å²) in [6, 6.07) is 0.0992. The Morgan fingerprint density at radius 3 is 2.75 bits per heavy atom. The average Bonchev–Trinajstić information content (AvgIpc) is 2.16. The molecule has 1 unspecified atom stereocenters. The van der Waals surface area contributed by atoms with Crippen LogP contribution in [0.15, 0.2) is 0 Å². The molecule has 0 rings (SSSR count). The molecule has 0 bridgehead atoms. The van der Waals surface area contributed by atoms with Gasteiger partial charge < -0.3 is 15.8 Å². The molecule has 16 heavy (non-hydrogen) atoms. The highest BCUT2D eigenvalue weighted by Gasteiger charge is 2.03. The van der Waals surface area contributed by atoms with E-state index < -0.39 is 13.0 Å². The van der Waals surface area contributed by atoms with Gasteiger partial charge in [0.1, 0.15) is 6.61 Å². The number of carbonyl (C=O) groups is 1. The number of nitrogens with two attached hydrogens (primary N) is 1. The van der Waals surface area contributed by atoms with Gasteiger partial charge in [-0.3, -0.25) is 4.79 Å². The van der Waals surface area contributed by atoms with Gasteiger partial charge in [0.05, 0.1) is 6.61 Å². The van der Waals surface area contributed by atoms with Crippen molar-refractivity contribution < 1.29 is 18.3 Å². The molecule has 0 aromatic rings. The number of alkyl halides is 2. The molecule has 0 heterocycles. The number of nitrogens with one attached hydrogen (secondary N) is 1. The number of amides is 1. The van der Waals surface area contributed by atoms with Gasteiger partial charge in [-0.1, -0.05) is 0 Å². The van der Waals surface area contributed by atoms with Gasteiger partial charge in [-0.15, -0.1) is 0 Å². The first-order valence-corrected chi connectivity index (χ1v) is 5.40. The molecule has 96 valence electrons. The molecule has 0 aliphatic heterocycles. The molecule has 3 N–H and O–H groups in total. The Hall–Kier alpha value is -0.750. The third kappa shape index (κ3) is 11.3. The van der Waals surface area contributed by atoms with Crippen LogP contribution in [0.4, 0.5) is 8.78 Å². The van der Waals surface area contributed by atoms with E-state index in [1.807, 2.05) is 6.92 Å². The van der Waals surface area contributed by atoms with Crippen LogP contribution in [0, 0.1) is 0 Å². The molecule has 0 aromatic carbocycles. The van der Waals surface area contributed by atoms with E-state index in [0.717, 1.165) is 12.8 Å². The van der Waals surface area contributed by atoms with Gasteiger partial charge in [0.25, 0.3) is 6.43 Å². The highest BCUT2D eigenvalue weighted by Crippen LogP contribution is 1.97. The molecule has 0 radical (unpaired) electrons. The maximum Gasteiger partial charge on any atom is 0.261 e. The topological polar surface area (TPSA) is 64.4 Å². The van der Waals surface area contributed by atoms with Crippen LogP contribution < -0.4 is 11.1 Å². The number of ether oxygens (including phenoxy) is 1. The molecule has 0 spiro atoms. The van der Waals surface area contributed by atoms with Crippen LogP contribution in [0.3, 0.4) is 0 Å². The van der Waals surface area contributed by atoms with Gasteiger partial charge in [-0.2, -0.15) is 0 Å². The summed E-state index contributed by atoms with van der Waals surface area (Å²) in [7, 11) is 0. The maximum atomic E-state index is 11.6. The normalized spacial score (nSPS) is 12.8. The highest BCUT2D eigenvalue weighted by atomic mass is 19.3. The van der Waals surface area contributed by atoms with Crippen LogP contribution in [-0.4, -0.2) is 38.1 Å². The lowest BCUT2D eigenvalue weighted by Gasteiger charge is -2.07. The Bertz CT molecular complexity index is 190. The average molecular weight is 238 g/mol. The smallest absolute Gasteiger partial charge is 0.261 e. The summed E-state index contributed by atoms with van der Waals surface area (Å²) in [6.45, 7) is 1.68. The van der Waals surface area contributed by atoms with Crippen molar-refractivity contribution in [3.8, 4) is 0 Å². The van der Waals surface area contributed by atoms with Crippen LogP contribution in [0.1, 0.15) is 26.2 Å². The van der Waals surface area contributed by atoms with Gasteiger partial charge in [0.15, 0.2) is 0 Å². The number of hydrogen-bond acceptors (Lipinski definition) is 3. The van der Waals surface area contributed by atoms with E-state index in [4.69, 9.17) is 5.73 Å². The Morgan fingerprint density at radius 2 is 2.19 bits per heavy atom. The second-order valence-electron chi connectivity index (χ2n) is 3.69. The third-order valence-corrected chi connectivity index (χ3v) is 1.88. The monoisotopic (exact) mass is 238 g/mol. The summed E-state index contributed by atoms with van der Waals surface area (Å²) in [4.78, 5) is 11.2. The minimum absolute atomic E-state index is 0.0960. The molecule has 0 fully saturated rings. The lowest BCUT2D eigenvalue weighted by atomic mass is 10.1. The first-order chi connectivity index (χ1) is 7.52. The molecule has 0 aliphatic rings. The summed E-state index contributed by atoms with van der Waals surface area (Å²) < 4.78 is 27.9. The van der Waals surface area contributed by atoms with E-state index in [2.05, 4.69) is 10.1 Å². The largest absolute Gasteiger partial charge is 0.374 e. The molecule has 0 aliphatic carbocycles. The molecule has 1 amide bonds. The first kappa shape index (κ1) is 15.2. The van der Waals surface area contributed by atoms with Crippen LogP contribution in [0.5, 0.6) is 0 Å². The number of rotatable bonds is 9. The molecular formula is C10H20F2N2O2. The lowest BCUT2D eigenvalue weighted by Crippen LogP contribution is -2.28. The summed E-state index contributed by atoms with van der Waals surface area (Å²) in [5.74, 6) is -0.0960. The van der Waals surface area contributed by atoms with Crippen LogP contribution in [0.25, 0.3) is 0 Å². The van der Waals surface area contributed by atoms with E-state index in [1.165, 1.54) is 0 Å². The van der Waals surface area contributed by atoms with Gasteiger partial charge in [-0.05, 0) is 19.8 Å². The Morgan fingerprint density at radius 1 is 1.50 bits per heavy atom. The third-order valence-electron chi connectivity index (χ3n) is 1.88. The number of carbonyl (C=O) groups excluding carboxylic acids is 1. The molecule has 6 heteroatoms. The van der Waals surface area contributed by atoms with Crippen molar-refractivity contribution in [2.75, 3.05) is 19.8 Å². The van der Waals surface area contributed by atoms with Crippen molar-refractivity contribution in [1.29, 1.82) is 0 Å². The van der Waals surface area contributed by atoms with Gasteiger partial charge in [-0.25, -0.2) is 8.78 Å². The summed E-state index contributed by atoms with van der Waals surface area (Å²) >= 11 is 0. The Kier molecular flexibility index (Phi) is 9.03. The Labute approximate surface area is 94.5 Å². The molecule has 0 aromatic heterocycles. The van der Waals surface area contributed by atoms with Gasteiger partial charge in [0.2, 0.25) is 5.91 Å². The molecule has 0 saturated carbocycles. The van der Waals surface area contributed by atoms with Crippen molar-refractivity contribution >= 4 is 5.91 Å². The minimum Gasteiger partial charge on any atom is -0.374 e. The van der Waals surface area contributed by atoms with Crippen molar-refractivity contribution in [2.24, 2.45) is 5.73 Å². The zero-order valence-corrected chi connectivity index (χ0v) is 9.55. The highest BCUT2D eigenvalue weighted by molar-refractivity contribution is 5.75. The predicted octanol–water partition coefficient (Wildman–Crippen LogP) is 0.902. The zero-order valence-electron chi connectivity index (χ0n) is 9.55. The molecule has 1 atom stereocenters. The maximum absolute atomic E-state index is 11.6. The van der Waals surface area contributed by atoms with Crippen molar-refractivity contribution in [2.45, 2.75) is 38.7 Å². The number of halogens is 2. The lowest BCUT2D eigenvalue weighted by molar-refractivity contribution is -0.121. The fourth-order valence-electron chi connectivity index (χ4n) is 1.11. The molecule has 4 nitrogen and oxygen atoms in total. The van der Waals surface area contributed by atoms with E-state index >= 15 is 0 Å². The van der Waals surface area contributed by atoms with E-state index in [1.54, 1.807) is 0 Å². The van der Waals surface area contributed by atoms with Gasteiger partial charge in [0, 0.05) is 19.0 Å². The summed E-state index contributed by atoms with van der Waals surface area (Å²) in [5, 5.41) is 2.58. The van der Waals surface area contributed by atoms with Gasteiger partial charge >= 0.3 is 0 Å². The zero-order chi connectivity index (χ0) is 12.4. The quantitative estimate of drug-likeness (QED) is 0.587. The van der Waals surface area contributed by atoms with Crippen molar-refractivity contribution in [1.82, 2.24) is 5.32 Å². The van der Waals surface area contributed by atoms with Crippen LogP contribution >= 0.6 is 0 Å². The summed E-state index contributed by atoms with van der Waals surface area (Å²) in [5.41, 5.74) is 5.52. The van der Waals surface area contributed by atoms with E-state index in [0.29, 0.717) is 6.42 Å². The van der Waals surface area contributed by atoms with Crippen molar-refractivity contribution in [3.05, 3.63) is 0 Å². The second-order valence-corrected chi connectivity index (χ2v) is 3.69.